The van der Waals surface area contributed by atoms with Gasteiger partial charge in [-0.25, -0.2) is 0 Å². The highest BCUT2D eigenvalue weighted by Crippen LogP contribution is 2.24. The summed E-state index contributed by atoms with van der Waals surface area (Å²) >= 11 is 0. The van der Waals surface area contributed by atoms with Crippen LogP contribution in [0, 0.1) is 0 Å². The molecule has 0 amide bonds. The van der Waals surface area contributed by atoms with E-state index in [1.165, 1.54) is 0 Å². The minimum absolute atomic E-state index is 0.108. The van der Waals surface area contributed by atoms with Crippen molar-refractivity contribution in [1.29, 1.82) is 0 Å². The number of hydrogen-bond donors (Lipinski definition) is 0. The lowest BCUT2D eigenvalue weighted by molar-refractivity contribution is -0.160. The summed E-state index contributed by atoms with van der Waals surface area (Å²) in [7, 11) is 1.67. The van der Waals surface area contributed by atoms with Crippen molar-refractivity contribution in [3.63, 3.8) is 0 Å². The van der Waals surface area contributed by atoms with E-state index in [2.05, 4.69) is 11.0 Å². The smallest absolute Gasteiger partial charge is 0.323 e. The molecule has 0 N–H and O–H groups in total. The van der Waals surface area contributed by atoms with E-state index >= 15 is 0 Å². The average molecular weight is 291 g/mol. The van der Waals surface area contributed by atoms with Crippen LogP contribution in [0.25, 0.3) is 0 Å². The van der Waals surface area contributed by atoms with Crippen molar-refractivity contribution in [3.05, 3.63) is 29.8 Å². The Morgan fingerprint density at radius 2 is 2.14 bits per heavy atom. The molecule has 0 aromatic heterocycles. The van der Waals surface area contributed by atoms with Gasteiger partial charge >= 0.3 is 5.97 Å². The van der Waals surface area contributed by atoms with Crippen LogP contribution < -0.4 is 4.74 Å². The number of methoxy groups -OCH3 is 1. The summed E-state index contributed by atoms with van der Waals surface area (Å²) in [6, 6.07) is 7.86. The van der Waals surface area contributed by atoms with Crippen LogP contribution in [0.5, 0.6) is 5.75 Å². The molecule has 1 fully saturated rings. The van der Waals surface area contributed by atoms with Crippen molar-refractivity contribution < 1.29 is 14.3 Å². The minimum atomic E-state index is -0.429. The van der Waals surface area contributed by atoms with Crippen molar-refractivity contribution in [2.45, 2.75) is 51.8 Å². The van der Waals surface area contributed by atoms with Crippen LogP contribution in [0.1, 0.15) is 39.2 Å². The van der Waals surface area contributed by atoms with Crippen LogP contribution in [0.4, 0.5) is 0 Å². The van der Waals surface area contributed by atoms with Gasteiger partial charge in [-0.05, 0) is 57.9 Å². The Hall–Kier alpha value is -1.55. The normalized spacial score (nSPS) is 19.5. The monoisotopic (exact) mass is 291 g/mol. The zero-order chi connectivity index (χ0) is 15.5. The molecule has 1 heterocycles. The van der Waals surface area contributed by atoms with E-state index in [0.29, 0.717) is 0 Å². The van der Waals surface area contributed by atoms with E-state index in [1.54, 1.807) is 7.11 Å². The molecule has 0 unspecified atom stereocenters. The number of esters is 1. The molecular formula is C17H25NO3. The third-order valence-corrected chi connectivity index (χ3v) is 3.56. The van der Waals surface area contributed by atoms with Crippen LogP contribution in [0.2, 0.25) is 0 Å². The van der Waals surface area contributed by atoms with E-state index in [-0.39, 0.29) is 12.0 Å². The number of nitrogens with zero attached hydrogens (tertiary/aromatic N) is 1. The Morgan fingerprint density at radius 3 is 2.81 bits per heavy atom. The summed E-state index contributed by atoms with van der Waals surface area (Å²) in [5, 5.41) is 0. The molecule has 1 saturated heterocycles. The van der Waals surface area contributed by atoms with Crippen molar-refractivity contribution in [2.75, 3.05) is 13.7 Å². The summed E-state index contributed by atoms with van der Waals surface area (Å²) in [5.41, 5.74) is 0.728. The molecule has 0 spiro atoms. The van der Waals surface area contributed by atoms with Crippen LogP contribution in [-0.4, -0.2) is 36.2 Å². The first kappa shape index (κ1) is 15.8. The van der Waals surface area contributed by atoms with Crippen molar-refractivity contribution in [2.24, 2.45) is 0 Å². The Kier molecular flexibility index (Phi) is 4.88. The molecular weight excluding hydrogens is 266 g/mol. The Bertz CT molecular complexity index is 493. The van der Waals surface area contributed by atoms with Gasteiger partial charge in [0.25, 0.3) is 0 Å². The zero-order valence-electron chi connectivity index (χ0n) is 13.4. The van der Waals surface area contributed by atoms with E-state index in [0.717, 1.165) is 37.2 Å². The van der Waals surface area contributed by atoms with E-state index in [9.17, 15) is 4.79 Å². The predicted octanol–water partition coefficient (Wildman–Crippen LogP) is 3.00. The fourth-order valence-electron chi connectivity index (χ4n) is 2.66. The maximum Gasteiger partial charge on any atom is 0.323 e. The van der Waals surface area contributed by atoms with Gasteiger partial charge in [0, 0.05) is 6.54 Å². The van der Waals surface area contributed by atoms with Gasteiger partial charge < -0.3 is 9.47 Å². The highest BCUT2D eigenvalue weighted by atomic mass is 16.6. The summed E-state index contributed by atoms with van der Waals surface area (Å²) in [6.07, 6.45) is 1.91. The fraction of sp³-hybridized carbons (Fsp3) is 0.588. The summed E-state index contributed by atoms with van der Waals surface area (Å²) in [4.78, 5) is 14.5. The molecule has 116 valence electrons. The van der Waals surface area contributed by atoms with Gasteiger partial charge in [-0.3, -0.25) is 9.69 Å². The third kappa shape index (κ3) is 4.46. The third-order valence-electron chi connectivity index (χ3n) is 3.56. The Morgan fingerprint density at radius 1 is 1.38 bits per heavy atom. The summed E-state index contributed by atoms with van der Waals surface area (Å²) < 4.78 is 10.8. The molecule has 1 aliphatic rings. The van der Waals surface area contributed by atoms with E-state index in [4.69, 9.17) is 9.47 Å². The van der Waals surface area contributed by atoms with Crippen molar-refractivity contribution in [3.8, 4) is 5.75 Å². The van der Waals surface area contributed by atoms with Gasteiger partial charge in [-0.15, -0.1) is 0 Å². The number of ether oxygens (including phenoxy) is 2. The van der Waals surface area contributed by atoms with Gasteiger partial charge in [0.1, 0.15) is 17.4 Å². The number of carbonyl (C=O) groups excluding carboxylic acids is 1. The van der Waals surface area contributed by atoms with Crippen LogP contribution >= 0.6 is 0 Å². The number of likely N-dealkylation sites (tertiary alicyclic amines) is 1. The van der Waals surface area contributed by atoms with Crippen LogP contribution in [0.3, 0.4) is 0 Å². The van der Waals surface area contributed by atoms with Crippen LogP contribution in [-0.2, 0) is 16.1 Å². The van der Waals surface area contributed by atoms with E-state index in [1.807, 2.05) is 39.0 Å². The second-order valence-corrected chi connectivity index (χ2v) is 6.51. The molecule has 4 heteroatoms. The average Bonchev–Trinajstić information content (AvgIpc) is 2.85. The Labute approximate surface area is 127 Å². The molecule has 21 heavy (non-hydrogen) atoms. The maximum absolute atomic E-state index is 12.3. The van der Waals surface area contributed by atoms with Crippen molar-refractivity contribution >= 4 is 5.97 Å². The van der Waals surface area contributed by atoms with Gasteiger partial charge in [-0.1, -0.05) is 12.1 Å². The molecule has 4 nitrogen and oxygen atoms in total. The van der Waals surface area contributed by atoms with Gasteiger partial charge in [-0.2, -0.15) is 0 Å². The highest BCUT2D eigenvalue weighted by molar-refractivity contribution is 5.76. The predicted molar refractivity (Wildman–Crippen MR) is 82.3 cm³/mol. The second-order valence-electron chi connectivity index (χ2n) is 6.51. The van der Waals surface area contributed by atoms with Gasteiger partial charge in [0.15, 0.2) is 0 Å². The lowest BCUT2D eigenvalue weighted by Crippen LogP contribution is -2.40. The Balaban J connectivity index is 2.03. The molecule has 1 atom stereocenters. The molecule has 1 aromatic carbocycles. The van der Waals surface area contributed by atoms with Gasteiger partial charge in [0.2, 0.25) is 0 Å². The van der Waals surface area contributed by atoms with Crippen LogP contribution in [0.15, 0.2) is 24.3 Å². The molecule has 0 radical (unpaired) electrons. The standard InChI is InChI=1S/C17H25NO3/c1-17(2,3)21-16(19)15-9-6-10-18(15)12-13-7-5-8-14(11-13)20-4/h5,7-8,11,15H,6,9-10,12H2,1-4H3/t15-/m1/s1. The summed E-state index contributed by atoms with van der Waals surface area (Å²) in [5.74, 6) is 0.739. The molecule has 0 saturated carbocycles. The van der Waals surface area contributed by atoms with E-state index < -0.39 is 5.60 Å². The highest BCUT2D eigenvalue weighted by Gasteiger charge is 2.33. The molecule has 1 aliphatic heterocycles. The number of carbonyl (C=O) groups is 1. The van der Waals surface area contributed by atoms with Crippen molar-refractivity contribution in [1.82, 2.24) is 4.90 Å². The fourth-order valence-corrected chi connectivity index (χ4v) is 2.66. The molecule has 2 rings (SSSR count). The summed E-state index contributed by atoms with van der Waals surface area (Å²) in [6.45, 7) is 7.41. The first-order chi connectivity index (χ1) is 9.89. The lowest BCUT2D eigenvalue weighted by Gasteiger charge is -2.27. The molecule has 0 bridgehead atoms. The number of hydrogen-bond acceptors (Lipinski definition) is 4. The first-order valence-electron chi connectivity index (χ1n) is 7.49. The minimum Gasteiger partial charge on any atom is -0.497 e. The zero-order valence-corrected chi connectivity index (χ0v) is 13.4. The SMILES string of the molecule is COc1cccc(CN2CCC[C@@H]2C(=O)OC(C)(C)C)c1. The largest absolute Gasteiger partial charge is 0.497 e. The lowest BCUT2D eigenvalue weighted by atomic mass is 10.1. The number of rotatable bonds is 4. The number of benzene rings is 1. The van der Waals surface area contributed by atoms with Gasteiger partial charge in [0.05, 0.1) is 7.11 Å². The second kappa shape index (κ2) is 6.48. The molecule has 0 aliphatic carbocycles. The maximum atomic E-state index is 12.3. The first-order valence-corrected chi connectivity index (χ1v) is 7.49. The molecule has 1 aromatic rings. The topological polar surface area (TPSA) is 38.8 Å². The quantitative estimate of drug-likeness (QED) is 0.799.